The Balaban J connectivity index is 1.96. The summed E-state index contributed by atoms with van der Waals surface area (Å²) in [6, 6.07) is 2.10. The van der Waals surface area contributed by atoms with Crippen LogP contribution in [0.5, 0.6) is 0 Å². The van der Waals surface area contributed by atoms with Crippen LogP contribution in [0.15, 0.2) is 6.07 Å². The third-order valence-corrected chi connectivity index (χ3v) is 5.06. The number of likely N-dealkylation sites (N-methyl/N-ethyl adjacent to an activating group) is 2. The molecule has 0 radical (unpaired) electrons. The summed E-state index contributed by atoms with van der Waals surface area (Å²) < 4.78 is 1.05. The molecule has 6 heteroatoms. The minimum atomic E-state index is 0.0453. The van der Waals surface area contributed by atoms with Crippen LogP contribution >= 0.6 is 34.5 Å². The Morgan fingerprint density at radius 3 is 2.89 bits per heavy atom. The first-order valence-electron chi connectivity index (χ1n) is 6.34. The van der Waals surface area contributed by atoms with Gasteiger partial charge in [-0.3, -0.25) is 9.69 Å². The Bertz CT molecular complexity index is 463. The molecule has 1 aromatic heterocycles. The molecule has 0 spiro atoms. The highest BCUT2D eigenvalue weighted by molar-refractivity contribution is 7.20. The minimum absolute atomic E-state index is 0.0453. The summed E-state index contributed by atoms with van der Waals surface area (Å²) in [5.41, 5.74) is 0.549. The molecule has 3 nitrogen and oxygen atoms in total. The van der Waals surface area contributed by atoms with Gasteiger partial charge in [-0.2, -0.15) is 0 Å². The van der Waals surface area contributed by atoms with Gasteiger partial charge in [0, 0.05) is 12.6 Å². The molecule has 19 heavy (non-hydrogen) atoms. The molecule has 0 amide bonds. The van der Waals surface area contributed by atoms with Crippen LogP contribution in [0.4, 0.5) is 0 Å². The maximum absolute atomic E-state index is 12.2. The number of Topliss-reactive ketones (excluding diaryl/α,β-unsaturated/α-hetero) is 1. The van der Waals surface area contributed by atoms with Crippen molar-refractivity contribution >= 4 is 40.3 Å². The number of hydrogen-bond donors (Lipinski definition) is 0. The van der Waals surface area contributed by atoms with Gasteiger partial charge in [-0.15, -0.1) is 11.3 Å². The number of rotatable bonds is 4. The van der Waals surface area contributed by atoms with Crippen molar-refractivity contribution in [2.75, 3.05) is 33.7 Å². The second-order valence-electron chi connectivity index (χ2n) is 5.13. The van der Waals surface area contributed by atoms with Gasteiger partial charge in [0.15, 0.2) is 5.78 Å². The zero-order valence-electron chi connectivity index (χ0n) is 11.2. The van der Waals surface area contributed by atoms with Gasteiger partial charge in [0.1, 0.15) is 4.34 Å². The van der Waals surface area contributed by atoms with Gasteiger partial charge in [-0.25, -0.2) is 0 Å². The summed E-state index contributed by atoms with van der Waals surface area (Å²) in [6.07, 6.45) is 2.33. The average Bonchev–Trinajstić information content (AvgIpc) is 2.68. The lowest BCUT2D eigenvalue weighted by Crippen LogP contribution is -2.46. The van der Waals surface area contributed by atoms with Gasteiger partial charge >= 0.3 is 0 Å². The number of piperidine rings is 1. The second-order valence-corrected chi connectivity index (χ2v) is 7.42. The molecule has 106 valence electrons. The molecule has 1 aromatic rings. The largest absolute Gasteiger partial charge is 0.305 e. The van der Waals surface area contributed by atoms with Crippen LogP contribution in [0.25, 0.3) is 0 Å². The summed E-state index contributed by atoms with van der Waals surface area (Å²) in [5, 5.41) is 0. The van der Waals surface area contributed by atoms with E-state index in [0.717, 1.165) is 19.5 Å². The molecular formula is C13H18Cl2N2OS. The van der Waals surface area contributed by atoms with Crippen molar-refractivity contribution in [2.24, 2.45) is 0 Å². The van der Waals surface area contributed by atoms with Crippen LogP contribution < -0.4 is 0 Å². The first kappa shape index (κ1) is 15.3. The lowest BCUT2D eigenvalue weighted by molar-refractivity contribution is 0.0858. The highest BCUT2D eigenvalue weighted by Gasteiger charge is 2.24. The zero-order chi connectivity index (χ0) is 14.0. The van der Waals surface area contributed by atoms with Gasteiger partial charge in [0.2, 0.25) is 0 Å². The molecule has 1 fully saturated rings. The first-order valence-corrected chi connectivity index (χ1v) is 7.91. The number of carbonyl (C=O) groups is 1. The highest BCUT2D eigenvalue weighted by atomic mass is 35.5. The van der Waals surface area contributed by atoms with Crippen molar-refractivity contribution in [3.8, 4) is 0 Å². The standard InChI is InChI=1S/C13H18Cl2N2OS/c1-16-5-3-4-9(7-16)17(2)8-11(18)10-6-12(14)19-13(10)15/h6,9H,3-5,7-8H2,1-2H3. The normalized spacial score (nSPS) is 21.0. The molecule has 0 saturated carbocycles. The smallest absolute Gasteiger partial charge is 0.179 e. The van der Waals surface area contributed by atoms with Crippen LogP contribution in [0.3, 0.4) is 0 Å². The van der Waals surface area contributed by atoms with Gasteiger partial charge in [-0.1, -0.05) is 23.2 Å². The molecule has 1 atom stereocenters. The van der Waals surface area contributed by atoms with E-state index in [1.807, 2.05) is 7.05 Å². The number of carbonyl (C=O) groups excluding carboxylic acids is 1. The Labute approximate surface area is 128 Å². The van der Waals surface area contributed by atoms with Gasteiger partial charge in [0.05, 0.1) is 16.4 Å². The summed E-state index contributed by atoms with van der Waals surface area (Å²) >= 11 is 13.1. The number of hydrogen-bond acceptors (Lipinski definition) is 4. The van der Waals surface area contributed by atoms with Gasteiger partial charge in [0.25, 0.3) is 0 Å². The lowest BCUT2D eigenvalue weighted by Gasteiger charge is -2.35. The molecule has 0 N–H and O–H groups in total. The van der Waals surface area contributed by atoms with E-state index in [-0.39, 0.29) is 5.78 Å². The van der Waals surface area contributed by atoms with Crippen LogP contribution in [0.2, 0.25) is 8.67 Å². The molecule has 2 rings (SSSR count). The molecule has 1 unspecified atom stereocenters. The molecular weight excluding hydrogens is 303 g/mol. The van der Waals surface area contributed by atoms with E-state index in [4.69, 9.17) is 23.2 Å². The fourth-order valence-corrected chi connectivity index (χ4v) is 3.97. The maximum Gasteiger partial charge on any atom is 0.179 e. The summed E-state index contributed by atoms with van der Waals surface area (Å²) in [6.45, 7) is 2.55. The molecule has 1 saturated heterocycles. The van der Waals surface area contributed by atoms with Crippen molar-refractivity contribution in [3.05, 3.63) is 20.3 Å². The lowest BCUT2D eigenvalue weighted by atomic mass is 10.0. The zero-order valence-corrected chi connectivity index (χ0v) is 13.5. The number of nitrogens with zero attached hydrogens (tertiary/aromatic N) is 2. The summed E-state index contributed by atoms with van der Waals surface area (Å²) in [4.78, 5) is 16.7. The SMILES string of the molecule is CN1CCCC(N(C)CC(=O)c2cc(Cl)sc2Cl)C1. The monoisotopic (exact) mass is 320 g/mol. The molecule has 2 heterocycles. The van der Waals surface area contributed by atoms with Crippen LogP contribution in [-0.2, 0) is 0 Å². The Morgan fingerprint density at radius 2 is 2.32 bits per heavy atom. The van der Waals surface area contributed by atoms with E-state index >= 15 is 0 Å². The second kappa shape index (κ2) is 6.55. The van der Waals surface area contributed by atoms with Gasteiger partial charge in [-0.05, 0) is 39.5 Å². The van der Waals surface area contributed by atoms with Crippen molar-refractivity contribution in [1.29, 1.82) is 0 Å². The fourth-order valence-electron chi connectivity index (χ4n) is 2.47. The summed E-state index contributed by atoms with van der Waals surface area (Å²) in [7, 11) is 4.13. The van der Waals surface area contributed by atoms with E-state index in [0.29, 0.717) is 26.8 Å². The molecule has 1 aliphatic rings. The quantitative estimate of drug-likeness (QED) is 0.795. The number of halogens is 2. The minimum Gasteiger partial charge on any atom is -0.305 e. The number of ketones is 1. The van der Waals surface area contributed by atoms with E-state index in [2.05, 4.69) is 16.8 Å². The van der Waals surface area contributed by atoms with E-state index in [1.54, 1.807) is 6.07 Å². The third kappa shape index (κ3) is 3.92. The van der Waals surface area contributed by atoms with Crippen LogP contribution in [-0.4, -0.2) is 55.4 Å². The van der Waals surface area contributed by atoms with Crippen molar-refractivity contribution in [1.82, 2.24) is 9.80 Å². The number of likely N-dealkylation sites (tertiary alicyclic amines) is 1. The highest BCUT2D eigenvalue weighted by Crippen LogP contribution is 2.31. The van der Waals surface area contributed by atoms with Crippen molar-refractivity contribution in [3.63, 3.8) is 0 Å². The molecule has 0 aliphatic carbocycles. The predicted octanol–water partition coefficient (Wildman–Crippen LogP) is 3.26. The number of thiophene rings is 1. The molecule has 0 aromatic carbocycles. The topological polar surface area (TPSA) is 23.6 Å². The first-order chi connectivity index (χ1) is 8.97. The fraction of sp³-hybridized carbons (Fsp3) is 0.615. The molecule has 0 bridgehead atoms. The third-order valence-electron chi connectivity index (χ3n) is 3.57. The Kier molecular flexibility index (Phi) is 5.26. The predicted molar refractivity (Wildman–Crippen MR) is 81.8 cm³/mol. The van der Waals surface area contributed by atoms with E-state index in [9.17, 15) is 4.79 Å². The Hall–Kier alpha value is -0.130. The maximum atomic E-state index is 12.2. The van der Waals surface area contributed by atoms with Crippen molar-refractivity contribution < 1.29 is 4.79 Å². The van der Waals surface area contributed by atoms with Crippen LogP contribution in [0.1, 0.15) is 23.2 Å². The Morgan fingerprint density at radius 1 is 1.58 bits per heavy atom. The van der Waals surface area contributed by atoms with Gasteiger partial charge < -0.3 is 4.90 Å². The molecule has 1 aliphatic heterocycles. The van der Waals surface area contributed by atoms with E-state index < -0.39 is 0 Å². The van der Waals surface area contributed by atoms with Crippen LogP contribution in [0, 0.1) is 0 Å². The summed E-state index contributed by atoms with van der Waals surface area (Å²) in [5.74, 6) is 0.0453. The van der Waals surface area contributed by atoms with E-state index in [1.165, 1.54) is 17.8 Å². The average molecular weight is 321 g/mol. The van der Waals surface area contributed by atoms with Crippen molar-refractivity contribution in [2.45, 2.75) is 18.9 Å².